The second-order valence-corrected chi connectivity index (χ2v) is 9.64. The fourth-order valence-electron chi connectivity index (χ4n) is 4.44. The molecule has 1 saturated carbocycles. The first-order chi connectivity index (χ1) is 18.3. The Hall–Kier alpha value is -3.71. The van der Waals surface area contributed by atoms with E-state index in [1.807, 2.05) is 43.3 Å². The molecule has 2 aromatic carbocycles. The van der Waals surface area contributed by atoms with Gasteiger partial charge in [-0.1, -0.05) is 42.0 Å². The molecule has 0 radical (unpaired) electrons. The summed E-state index contributed by atoms with van der Waals surface area (Å²) in [6.45, 7) is 7.66. The van der Waals surface area contributed by atoms with Crippen LogP contribution in [0.1, 0.15) is 49.0 Å². The lowest BCUT2D eigenvalue weighted by atomic mass is 9.69. The van der Waals surface area contributed by atoms with Gasteiger partial charge >= 0.3 is 11.9 Å². The minimum Gasteiger partial charge on any atom is -0.497 e. The standard InChI is InChI=1S/C31H36O7/c1-21(2)16-27(36-20-23-10-12-26(35-4)13-11-23)14-15-28(37-22(3)33)18-29-25(19-32)17-30(29)38-31(34)24-8-6-5-7-9-24/h5-15,19,25,27-30H,1,16-18,20H2,2-4H3/b15-14+/t25-,27+,28?,29+,30-/m0/s1. The van der Waals surface area contributed by atoms with Gasteiger partial charge in [-0.05, 0) is 62.1 Å². The molecule has 3 rings (SSSR count). The Morgan fingerprint density at radius 1 is 1.03 bits per heavy atom. The van der Waals surface area contributed by atoms with Crippen molar-refractivity contribution in [3.05, 3.63) is 90.0 Å². The highest BCUT2D eigenvalue weighted by Gasteiger charge is 2.44. The van der Waals surface area contributed by atoms with Crippen molar-refractivity contribution >= 4 is 18.2 Å². The maximum Gasteiger partial charge on any atom is 0.338 e. The highest BCUT2D eigenvalue weighted by molar-refractivity contribution is 5.89. The van der Waals surface area contributed by atoms with Gasteiger partial charge in [-0.15, -0.1) is 6.58 Å². The maximum atomic E-state index is 12.6. The molecule has 0 heterocycles. The Morgan fingerprint density at radius 3 is 2.32 bits per heavy atom. The number of rotatable bonds is 14. The first-order valence-electron chi connectivity index (χ1n) is 12.7. The van der Waals surface area contributed by atoms with Crippen molar-refractivity contribution in [3.8, 4) is 5.75 Å². The molecule has 1 aliphatic carbocycles. The molecule has 5 atom stereocenters. The molecule has 0 bridgehead atoms. The summed E-state index contributed by atoms with van der Waals surface area (Å²) >= 11 is 0. The number of hydrogen-bond donors (Lipinski definition) is 0. The number of hydrogen-bond acceptors (Lipinski definition) is 7. The van der Waals surface area contributed by atoms with Gasteiger partial charge in [-0.25, -0.2) is 4.79 Å². The second kappa shape index (κ2) is 14.3. The Morgan fingerprint density at radius 2 is 1.71 bits per heavy atom. The predicted molar refractivity (Wildman–Crippen MR) is 144 cm³/mol. The number of aldehydes is 1. The third-order valence-electron chi connectivity index (χ3n) is 6.51. The summed E-state index contributed by atoms with van der Waals surface area (Å²) in [5.41, 5.74) is 2.40. The van der Waals surface area contributed by atoms with E-state index in [1.54, 1.807) is 37.5 Å². The van der Waals surface area contributed by atoms with E-state index < -0.39 is 24.1 Å². The molecule has 0 spiro atoms. The van der Waals surface area contributed by atoms with Gasteiger partial charge in [0.1, 0.15) is 24.2 Å². The molecule has 1 fully saturated rings. The lowest BCUT2D eigenvalue weighted by molar-refractivity contribution is -0.147. The van der Waals surface area contributed by atoms with Crippen LogP contribution in [0.2, 0.25) is 0 Å². The Balaban J connectivity index is 1.67. The molecule has 7 heteroatoms. The average Bonchev–Trinajstić information content (AvgIpc) is 2.90. The molecule has 2 aromatic rings. The Kier molecular flexibility index (Phi) is 10.8. The largest absolute Gasteiger partial charge is 0.497 e. The van der Waals surface area contributed by atoms with Crippen LogP contribution in [0.4, 0.5) is 0 Å². The van der Waals surface area contributed by atoms with Crippen molar-refractivity contribution in [3.63, 3.8) is 0 Å². The minimum atomic E-state index is -0.601. The summed E-state index contributed by atoms with van der Waals surface area (Å²) in [4.78, 5) is 36.1. The molecule has 0 aromatic heterocycles. The lowest BCUT2D eigenvalue weighted by Gasteiger charge is -2.42. The summed E-state index contributed by atoms with van der Waals surface area (Å²) < 4.78 is 22.6. The minimum absolute atomic E-state index is 0.256. The normalized spacial score (nSPS) is 20.1. The molecule has 1 unspecified atom stereocenters. The van der Waals surface area contributed by atoms with Gasteiger partial charge in [0.15, 0.2) is 0 Å². The van der Waals surface area contributed by atoms with Crippen LogP contribution in [-0.2, 0) is 30.4 Å². The number of methoxy groups -OCH3 is 1. The molecular weight excluding hydrogens is 484 g/mol. The first kappa shape index (κ1) is 28.9. The van der Waals surface area contributed by atoms with Crippen molar-refractivity contribution in [1.82, 2.24) is 0 Å². The predicted octanol–water partition coefficient (Wildman–Crippen LogP) is 5.49. The van der Waals surface area contributed by atoms with E-state index in [4.69, 9.17) is 18.9 Å². The van der Waals surface area contributed by atoms with Crippen molar-refractivity contribution in [2.45, 2.75) is 58.0 Å². The van der Waals surface area contributed by atoms with Crippen LogP contribution in [0.15, 0.2) is 78.9 Å². The van der Waals surface area contributed by atoms with Crippen LogP contribution in [0.3, 0.4) is 0 Å². The third kappa shape index (κ3) is 8.70. The van der Waals surface area contributed by atoms with Crippen molar-refractivity contribution < 1.29 is 33.3 Å². The van der Waals surface area contributed by atoms with E-state index >= 15 is 0 Å². The zero-order valence-electron chi connectivity index (χ0n) is 22.2. The van der Waals surface area contributed by atoms with Crippen LogP contribution in [-0.4, -0.2) is 43.6 Å². The summed E-state index contributed by atoms with van der Waals surface area (Å²) in [6.07, 6.45) is 4.62. The summed E-state index contributed by atoms with van der Waals surface area (Å²) in [5.74, 6) is -0.622. The van der Waals surface area contributed by atoms with Crippen molar-refractivity contribution in [2.75, 3.05) is 7.11 Å². The van der Waals surface area contributed by atoms with E-state index in [1.165, 1.54) is 6.92 Å². The highest BCUT2D eigenvalue weighted by Crippen LogP contribution is 2.40. The molecule has 0 saturated heterocycles. The monoisotopic (exact) mass is 520 g/mol. The van der Waals surface area contributed by atoms with Gasteiger partial charge in [0.25, 0.3) is 0 Å². The number of carbonyl (C=O) groups is 3. The summed E-state index contributed by atoms with van der Waals surface area (Å²) in [5, 5.41) is 0. The van der Waals surface area contributed by atoms with Crippen LogP contribution in [0, 0.1) is 11.8 Å². The fraction of sp³-hybridized carbons (Fsp3) is 0.387. The van der Waals surface area contributed by atoms with Crippen LogP contribution in [0.5, 0.6) is 5.75 Å². The zero-order valence-corrected chi connectivity index (χ0v) is 22.2. The average molecular weight is 521 g/mol. The van der Waals surface area contributed by atoms with Crippen LogP contribution in [0.25, 0.3) is 0 Å². The number of esters is 2. The summed E-state index contributed by atoms with van der Waals surface area (Å²) in [7, 11) is 1.62. The highest BCUT2D eigenvalue weighted by atomic mass is 16.6. The van der Waals surface area contributed by atoms with Gasteiger partial charge < -0.3 is 23.7 Å². The molecule has 202 valence electrons. The van der Waals surface area contributed by atoms with Crippen LogP contribution < -0.4 is 4.74 Å². The molecular formula is C31H36O7. The second-order valence-electron chi connectivity index (χ2n) is 9.64. The Bertz CT molecular complexity index is 1110. The molecule has 1 aliphatic rings. The van der Waals surface area contributed by atoms with E-state index in [0.717, 1.165) is 23.2 Å². The van der Waals surface area contributed by atoms with Gasteiger partial charge in [0.2, 0.25) is 0 Å². The number of carbonyl (C=O) groups excluding carboxylic acids is 3. The smallest absolute Gasteiger partial charge is 0.338 e. The van der Waals surface area contributed by atoms with Crippen molar-refractivity contribution in [1.29, 1.82) is 0 Å². The van der Waals surface area contributed by atoms with Gasteiger partial charge in [-0.2, -0.15) is 0 Å². The fourth-order valence-corrected chi connectivity index (χ4v) is 4.44. The van der Waals surface area contributed by atoms with E-state index in [9.17, 15) is 14.4 Å². The molecule has 7 nitrogen and oxygen atoms in total. The van der Waals surface area contributed by atoms with Crippen molar-refractivity contribution in [2.24, 2.45) is 11.8 Å². The number of ether oxygens (including phenoxy) is 4. The van der Waals surface area contributed by atoms with Gasteiger partial charge in [0, 0.05) is 18.8 Å². The first-order valence-corrected chi connectivity index (χ1v) is 12.7. The van der Waals surface area contributed by atoms with Gasteiger partial charge in [-0.3, -0.25) is 4.79 Å². The molecule has 38 heavy (non-hydrogen) atoms. The van der Waals surface area contributed by atoms with E-state index in [-0.39, 0.29) is 17.9 Å². The molecule has 0 N–H and O–H groups in total. The third-order valence-corrected chi connectivity index (χ3v) is 6.51. The summed E-state index contributed by atoms with van der Waals surface area (Å²) in [6, 6.07) is 16.4. The molecule has 0 aliphatic heterocycles. The van der Waals surface area contributed by atoms with E-state index in [2.05, 4.69) is 6.58 Å². The topological polar surface area (TPSA) is 88.1 Å². The zero-order chi connectivity index (χ0) is 27.5. The van der Waals surface area contributed by atoms with Gasteiger partial charge in [0.05, 0.1) is 25.4 Å². The van der Waals surface area contributed by atoms with Crippen LogP contribution >= 0.6 is 0 Å². The quantitative estimate of drug-likeness (QED) is 0.185. The Labute approximate surface area is 224 Å². The molecule has 0 amide bonds. The SMILES string of the molecule is C=C(C)C[C@@H](/C=C/C(C[C@@H]1[C@H](C=O)C[C@@H]1OC(=O)c1ccccc1)OC(C)=O)OCc1ccc(OC)cc1. The maximum absolute atomic E-state index is 12.6. The lowest BCUT2D eigenvalue weighted by Crippen LogP contribution is -2.46. The van der Waals surface area contributed by atoms with E-state index in [0.29, 0.717) is 31.4 Å². The number of benzene rings is 2.